The third kappa shape index (κ3) is 6.25. The minimum Gasteiger partial charge on any atom is -0.409 e. The highest BCUT2D eigenvalue weighted by molar-refractivity contribution is 5.96. The van der Waals surface area contributed by atoms with Crippen molar-refractivity contribution < 1.29 is 9.94 Å². The van der Waals surface area contributed by atoms with E-state index in [1.165, 1.54) is 25.7 Å². The van der Waals surface area contributed by atoms with E-state index in [-0.39, 0.29) is 5.84 Å². The van der Waals surface area contributed by atoms with Crippen molar-refractivity contribution in [2.24, 2.45) is 10.9 Å². The maximum Gasteiger partial charge on any atom is 0.170 e. The van der Waals surface area contributed by atoms with Gasteiger partial charge >= 0.3 is 0 Å². The summed E-state index contributed by atoms with van der Waals surface area (Å²) in [6.45, 7) is 3.64. The van der Waals surface area contributed by atoms with Gasteiger partial charge in [-0.25, -0.2) is 0 Å². The fourth-order valence-corrected chi connectivity index (χ4v) is 1.83. The van der Waals surface area contributed by atoms with Crippen molar-refractivity contribution >= 4 is 5.84 Å². The number of nitrogens with zero attached hydrogens (tertiary/aromatic N) is 1. The Labute approximate surface area is 115 Å². The molecule has 0 unspecified atom stereocenters. The molecule has 0 amide bonds. The first-order chi connectivity index (χ1) is 9.27. The highest BCUT2D eigenvalue weighted by Crippen LogP contribution is 2.07. The molecule has 0 atom stereocenters. The Kier molecular flexibility index (Phi) is 7.66. The molecule has 0 aliphatic carbocycles. The largest absolute Gasteiger partial charge is 0.409 e. The van der Waals surface area contributed by atoms with E-state index in [1.807, 2.05) is 24.3 Å². The first kappa shape index (κ1) is 15.5. The molecule has 0 fully saturated rings. The quantitative estimate of drug-likeness (QED) is 0.236. The zero-order valence-electron chi connectivity index (χ0n) is 11.6. The summed E-state index contributed by atoms with van der Waals surface area (Å²) in [5.41, 5.74) is 7.31. The molecule has 0 heterocycles. The summed E-state index contributed by atoms with van der Waals surface area (Å²) in [7, 11) is 0. The van der Waals surface area contributed by atoms with Crippen molar-refractivity contribution in [2.75, 3.05) is 6.61 Å². The Bertz CT molecular complexity index is 374. The Hall–Kier alpha value is -1.55. The molecule has 0 saturated carbocycles. The molecule has 0 saturated heterocycles. The number of nitrogens with two attached hydrogens (primary N) is 1. The average molecular weight is 264 g/mol. The second kappa shape index (κ2) is 9.39. The van der Waals surface area contributed by atoms with E-state index in [0.29, 0.717) is 12.2 Å². The fraction of sp³-hybridized carbons (Fsp3) is 0.533. The number of unbranched alkanes of at least 4 members (excludes halogenated alkanes) is 4. The molecular formula is C15H24N2O2. The van der Waals surface area contributed by atoms with Gasteiger partial charge in [0.05, 0.1) is 6.61 Å². The van der Waals surface area contributed by atoms with Crippen molar-refractivity contribution in [3.8, 4) is 0 Å². The minimum atomic E-state index is 0.128. The van der Waals surface area contributed by atoms with E-state index in [0.717, 1.165) is 18.6 Å². The van der Waals surface area contributed by atoms with Gasteiger partial charge < -0.3 is 15.7 Å². The molecule has 0 spiro atoms. The molecule has 0 radical (unpaired) electrons. The van der Waals surface area contributed by atoms with Crippen LogP contribution in [-0.4, -0.2) is 17.6 Å². The summed E-state index contributed by atoms with van der Waals surface area (Å²) >= 11 is 0. The van der Waals surface area contributed by atoms with E-state index in [4.69, 9.17) is 15.7 Å². The predicted molar refractivity (Wildman–Crippen MR) is 77.4 cm³/mol. The summed E-state index contributed by atoms with van der Waals surface area (Å²) in [5.74, 6) is 0.128. The molecule has 0 aliphatic rings. The number of hydrogen-bond donors (Lipinski definition) is 2. The maximum atomic E-state index is 8.56. The third-order valence-corrected chi connectivity index (χ3v) is 3.02. The Morgan fingerprint density at radius 3 is 2.47 bits per heavy atom. The number of ether oxygens (including phenoxy) is 1. The number of oxime groups is 1. The molecule has 1 aromatic rings. The molecule has 1 rings (SSSR count). The van der Waals surface area contributed by atoms with Gasteiger partial charge in [0.15, 0.2) is 5.84 Å². The van der Waals surface area contributed by atoms with Crippen LogP contribution in [0.5, 0.6) is 0 Å². The lowest BCUT2D eigenvalue weighted by Crippen LogP contribution is -2.12. The van der Waals surface area contributed by atoms with Gasteiger partial charge in [-0.15, -0.1) is 0 Å². The van der Waals surface area contributed by atoms with Crippen LogP contribution in [0.25, 0.3) is 0 Å². The molecule has 0 aliphatic heterocycles. The van der Waals surface area contributed by atoms with Crippen LogP contribution in [0.4, 0.5) is 0 Å². The first-order valence-electron chi connectivity index (χ1n) is 6.92. The molecule has 106 valence electrons. The van der Waals surface area contributed by atoms with Crippen LogP contribution < -0.4 is 5.73 Å². The van der Waals surface area contributed by atoms with Crippen LogP contribution in [0.2, 0.25) is 0 Å². The van der Waals surface area contributed by atoms with E-state index in [2.05, 4.69) is 12.1 Å². The molecule has 3 N–H and O–H groups in total. The first-order valence-corrected chi connectivity index (χ1v) is 6.92. The standard InChI is InChI=1S/C15H24N2O2/c1-2-3-4-5-6-11-19-12-13-7-9-14(10-8-13)15(16)17-18/h7-10,18H,2-6,11-12H2,1H3,(H2,16,17). The highest BCUT2D eigenvalue weighted by atomic mass is 16.5. The smallest absolute Gasteiger partial charge is 0.170 e. The lowest BCUT2D eigenvalue weighted by molar-refractivity contribution is 0.116. The summed E-state index contributed by atoms with van der Waals surface area (Å²) < 4.78 is 5.62. The summed E-state index contributed by atoms with van der Waals surface area (Å²) in [4.78, 5) is 0. The molecule has 4 heteroatoms. The second-order valence-corrected chi connectivity index (χ2v) is 4.65. The number of amidine groups is 1. The number of rotatable bonds is 9. The van der Waals surface area contributed by atoms with Gasteiger partial charge in [0.1, 0.15) is 0 Å². The molecule has 0 bridgehead atoms. The normalized spacial score (nSPS) is 11.7. The van der Waals surface area contributed by atoms with E-state index >= 15 is 0 Å². The summed E-state index contributed by atoms with van der Waals surface area (Å²) in [5, 5.41) is 11.5. The Morgan fingerprint density at radius 2 is 1.84 bits per heavy atom. The van der Waals surface area contributed by atoms with E-state index < -0.39 is 0 Å². The van der Waals surface area contributed by atoms with Crippen LogP contribution in [0, 0.1) is 0 Å². The minimum absolute atomic E-state index is 0.128. The molecule has 0 aromatic heterocycles. The van der Waals surface area contributed by atoms with Gasteiger partial charge in [-0.1, -0.05) is 62.0 Å². The zero-order valence-corrected chi connectivity index (χ0v) is 11.6. The average Bonchev–Trinajstić information content (AvgIpc) is 2.46. The Morgan fingerprint density at radius 1 is 1.16 bits per heavy atom. The van der Waals surface area contributed by atoms with Gasteiger partial charge in [0, 0.05) is 12.2 Å². The van der Waals surface area contributed by atoms with Crippen LogP contribution in [0.3, 0.4) is 0 Å². The molecule has 4 nitrogen and oxygen atoms in total. The van der Waals surface area contributed by atoms with Crippen molar-refractivity contribution in [1.82, 2.24) is 0 Å². The van der Waals surface area contributed by atoms with Crippen LogP contribution in [0.1, 0.15) is 50.2 Å². The van der Waals surface area contributed by atoms with E-state index in [9.17, 15) is 0 Å². The van der Waals surface area contributed by atoms with Crippen molar-refractivity contribution in [3.63, 3.8) is 0 Å². The highest BCUT2D eigenvalue weighted by Gasteiger charge is 1.99. The monoisotopic (exact) mass is 264 g/mol. The van der Waals surface area contributed by atoms with Crippen LogP contribution in [-0.2, 0) is 11.3 Å². The SMILES string of the molecule is CCCCCCCOCc1ccc(/C(N)=N/O)cc1. The van der Waals surface area contributed by atoms with Gasteiger partial charge in [0.2, 0.25) is 0 Å². The number of benzene rings is 1. The van der Waals surface area contributed by atoms with Crippen molar-refractivity contribution in [2.45, 2.75) is 45.6 Å². The van der Waals surface area contributed by atoms with Crippen molar-refractivity contribution in [3.05, 3.63) is 35.4 Å². The van der Waals surface area contributed by atoms with Gasteiger partial charge in [0.25, 0.3) is 0 Å². The molecule has 19 heavy (non-hydrogen) atoms. The van der Waals surface area contributed by atoms with Gasteiger partial charge in [-0.05, 0) is 12.0 Å². The lowest BCUT2D eigenvalue weighted by atomic mass is 10.1. The lowest BCUT2D eigenvalue weighted by Gasteiger charge is -2.05. The zero-order chi connectivity index (χ0) is 13.9. The summed E-state index contributed by atoms with van der Waals surface area (Å²) in [6, 6.07) is 7.53. The number of hydrogen-bond acceptors (Lipinski definition) is 3. The van der Waals surface area contributed by atoms with Gasteiger partial charge in [-0.3, -0.25) is 0 Å². The van der Waals surface area contributed by atoms with Crippen LogP contribution in [0.15, 0.2) is 29.4 Å². The van der Waals surface area contributed by atoms with Crippen LogP contribution >= 0.6 is 0 Å². The fourth-order valence-electron chi connectivity index (χ4n) is 1.83. The second-order valence-electron chi connectivity index (χ2n) is 4.65. The van der Waals surface area contributed by atoms with Crippen molar-refractivity contribution in [1.29, 1.82) is 0 Å². The Balaban J connectivity index is 2.19. The molecule has 1 aromatic carbocycles. The predicted octanol–water partition coefficient (Wildman–Crippen LogP) is 3.27. The maximum absolute atomic E-state index is 8.56. The summed E-state index contributed by atoms with van der Waals surface area (Å²) in [6.07, 6.45) is 6.26. The van der Waals surface area contributed by atoms with E-state index in [1.54, 1.807) is 0 Å². The van der Waals surface area contributed by atoms with Gasteiger partial charge in [-0.2, -0.15) is 0 Å². The third-order valence-electron chi connectivity index (χ3n) is 3.02. The topological polar surface area (TPSA) is 67.8 Å². The molecular weight excluding hydrogens is 240 g/mol.